The Morgan fingerprint density at radius 1 is 0.889 bits per heavy atom. The van der Waals surface area contributed by atoms with Crippen LogP contribution in [0.3, 0.4) is 0 Å². The normalized spacial score (nSPS) is 16.3. The van der Waals surface area contributed by atoms with Gasteiger partial charge in [-0.15, -0.1) is 0 Å². The highest BCUT2D eigenvalue weighted by atomic mass is 32.2. The number of hydrogen-bond donors (Lipinski definition) is 0. The molecule has 6 nitrogen and oxygen atoms in total. The van der Waals surface area contributed by atoms with E-state index in [0.717, 1.165) is 28.3 Å². The first-order chi connectivity index (χ1) is 13.0. The zero-order valence-corrected chi connectivity index (χ0v) is 15.9. The molecule has 0 unspecified atom stereocenters. The van der Waals surface area contributed by atoms with Gasteiger partial charge >= 0.3 is 0 Å². The van der Waals surface area contributed by atoms with E-state index in [9.17, 15) is 8.42 Å². The average molecular weight is 383 g/mol. The third kappa shape index (κ3) is 3.83. The molecule has 0 aliphatic carbocycles. The topological polar surface area (TPSA) is 64.4 Å². The van der Waals surface area contributed by atoms with Crippen molar-refractivity contribution in [2.24, 2.45) is 0 Å². The predicted molar refractivity (Wildman–Crippen MR) is 106 cm³/mol. The van der Waals surface area contributed by atoms with E-state index in [4.69, 9.17) is 4.74 Å². The van der Waals surface area contributed by atoms with Crippen LogP contribution in [0, 0.1) is 0 Å². The van der Waals surface area contributed by atoms with Crippen molar-refractivity contribution in [2.75, 3.05) is 36.6 Å². The maximum absolute atomic E-state index is 11.6. The van der Waals surface area contributed by atoms with Gasteiger partial charge < -0.3 is 9.64 Å². The number of benzene rings is 2. The Labute approximate surface area is 158 Å². The Hall–Kier alpha value is -2.80. The summed E-state index contributed by atoms with van der Waals surface area (Å²) in [6, 6.07) is 15.9. The Kier molecular flexibility index (Phi) is 4.61. The van der Waals surface area contributed by atoms with Gasteiger partial charge in [-0.3, -0.25) is 0 Å². The zero-order chi connectivity index (χ0) is 18.9. The van der Waals surface area contributed by atoms with Crippen LogP contribution in [0.25, 0.3) is 16.8 Å². The molecule has 4 rings (SSSR count). The molecule has 7 heteroatoms. The number of anilines is 1. The largest absolute Gasteiger partial charge is 0.497 e. The van der Waals surface area contributed by atoms with Gasteiger partial charge in [0, 0.05) is 30.5 Å². The summed E-state index contributed by atoms with van der Waals surface area (Å²) in [6.45, 7) is 1.11. The Morgan fingerprint density at radius 2 is 1.52 bits per heavy atom. The van der Waals surface area contributed by atoms with E-state index in [1.165, 1.54) is 0 Å². The Balaban J connectivity index is 1.50. The van der Waals surface area contributed by atoms with Crippen molar-refractivity contribution in [3.05, 3.63) is 60.9 Å². The van der Waals surface area contributed by atoms with Crippen LogP contribution in [0.2, 0.25) is 0 Å². The van der Waals surface area contributed by atoms with Crippen molar-refractivity contribution < 1.29 is 13.2 Å². The standard InChI is InChI=1S/C20H21N3O3S/c1-26-20-8-6-19(7-9-20)23-15-17(14-21-23)16-2-4-18(5-3-16)22-10-12-27(24,25)13-11-22/h2-9,14-15H,10-13H2,1H3. The number of nitrogens with zero attached hydrogens (tertiary/aromatic N) is 3. The van der Waals surface area contributed by atoms with E-state index in [1.54, 1.807) is 7.11 Å². The smallest absolute Gasteiger partial charge is 0.153 e. The molecule has 0 radical (unpaired) electrons. The maximum atomic E-state index is 11.6. The zero-order valence-electron chi connectivity index (χ0n) is 15.1. The van der Waals surface area contributed by atoms with Crippen LogP contribution in [0.1, 0.15) is 0 Å². The van der Waals surface area contributed by atoms with Crippen molar-refractivity contribution >= 4 is 15.5 Å². The van der Waals surface area contributed by atoms with E-state index in [1.807, 2.05) is 65.6 Å². The molecule has 1 aliphatic heterocycles. The van der Waals surface area contributed by atoms with Crippen molar-refractivity contribution in [3.63, 3.8) is 0 Å². The molecule has 1 aromatic heterocycles. The van der Waals surface area contributed by atoms with Crippen LogP contribution in [0.4, 0.5) is 5.69 Å². The molecule has 140 valence electrons. The molecule has 0 saturated carbocycles. The first kappa shape index (κ1) is 17.6. The molecule has 0 spiro atoms. The number of rotatable bonds is 4. The highest BCUT2D eigenvalue weighted by Gasteiger charge is 2.21. The summed E-state index contributed by atoms with van der Waals surface area (Å²) in [4.78, 5) is 2.12. The molecule has 0 atom stereocenters. The molecule has 3 aromatic rings. The fraction of sp³-hybridized carbons (Fsp3) is 0.250. The molecule has 1 saturated heterocycles. The predicted octanol–water partition coefficient (Wildman–Crippen LogP) is 2.78. The average Bonchev–Trinajstić information content (AvgIpc) is 3.18. The molecule has 1 fully saturated rings. The van der Waals surface area contributed by atoms with E-state index in [2.05, 4.69) is 10.00 Å². The maximum Gasteiger partial charge on any atom is 0.153 e. The van der Waals surface area contributed by atoms with Crippen LogP contribution < -0.4 is 9.64 Å². The van der Waals surface area contributed by atoms with Crippen molar-refractivity contribution in [1.29, 1.82) is 0 Å². The minimum Gasteiger partial charge on any atom is -0.497 e. The minimum atomic E-state index is -2.86. The molecule has 1 aliphatic rings. The second-order valence-electron chi connectivity index (χ2n) is 6.56. The minimum absolute atomic E-state index is 0.226. The van der Waals surface area contributed by atoms with Crippen molar-refractivity contribution in [1.82, 2.24) is 9.78 Å². The second-order valence-corrected chi connectivity index (χ2v) is 8.86. The third-order valence-electron chi connectivity index (χ3n) is 4.83. The fourth-order valence-corrected chi connectivity index (χ4v) is 4.38. The van der Waals surface area contributed by atoms with Gasteiger partial charge in [-0.25, -0.2) is 13.1 Å². The summed E-state index contributed by atoms with van der Waals surface area (Å²) in [5.74, 6) is 1.26. The van der Waals surface area contributed by atoms with Crippen LogP contribution >= 0.6 is 0 Å². The lowest BCUT2D eigenvalue weighted by Crippen LogP contribution is -2.40. The number of hydrogen-bond acceptors (Lipinski definition) is 5. The van der Waals surface area contributed by atoms with Gasteiger partial charge in [0.05, 0.1) is 30.5 Å². The van der Waals surface area contributed by atoms with Gasteiger partial charge in [-0.1, -0.05) is 12.1 Å². The summed E-state index contributed by atoms with van der Waals surface area (Å²) in [5, 5.41) is 4.45. The summed E-state index contributed by atoms with van der Waals surface area (Å²) in [5.41, 5.74) is 4.12. The van der Waals surface area contributed by atoms with Gasteiger partial charge in [-0.05, 0) is 42.0 Å². The summed E-state index contributed by atoms with van der Waals surface area (Å²) >= 11 is 0. The molecule has 2 aromatic carbocycles. The van der Waals surface area contributed by atoms with Crippen LogP contribution in [-0.2, 0) is 9.84 Å². The number of methoxy groups -OCH3 is 1. The summed E-state index contributed by atoms with van der Waals surface area (Å²) in [6.07, 6.45) is 3.83. The fourth-order valence-electron chi connectivity index (χ4n) is 3.18. The van der Waals surface area contributed by atoms with E-state index in [0.29, 0.717) is 13.1 Å². The summed E-state index contributed by atoms with van der Waals surface area (Å²) < 4.78 is 30.2. The lowest BCUT2D eigenvalue weighted by Gasteiger charge is -2.28. The Morgan fingerprint density at radius 3 is 2.15 bits per heavy atom. The molecular weight excluding hydrogens is 362 g/mol. The summed E-state index contributed by atoms with van der Waals surface area (Å²) in [7, 11) is -1.22. The number of ether oxygens (including phenoxy) is 1. The van der Waals surface area contributed by atoms with Gasteiger partial charge in [0.25, 0.3) is 0 Å². The van der Waals surface area contributed by atoms with Crippen LogP contribution in [0.5, 0.6) is 5.75 Å². The van der Waals surface area contributed by atoms with Crippen LogP contribution in [-0.4, -0.2) is 49.9 Å². The second kappa shape index (κ2) is 7.08. The van der Waals surface area contributed by atoms with E-state index in [-0.39, 0.29) is 11.5 Å². The highest BCUT2D eigenvalue weighted by Crippen LogP contribution is 2.25. The quantitative estimate of drug-likeness (QED) is 0.693. The SMILES string of the molecule is COc1ccc(-n2cc(-c3ccc(N4CCS(=O)(=O)CC4)cc3)cn2)cc1. The van der Waals surface area contributed by atoms with Crippen LogP contribution in [0.15, 0.2) is 60.9 Å². The first-order valence-electron chi connectivity index (χ1n) is 8.79. The van der Waals surface area contributed by atoms with Gasteiger partial charge in [0.2, 0.25) is 0 Å². The lowest BCUT2D eigenvalue weighted by atomic mass is 10.1. The van der Waals surface area contributed by atoms with Gasteiger partial charge in [-0.2, -0.15) is 5.10 Å². The van der Waals surface area contributed by atoms with E-state index < -0.39 is 9.84 Å². The highest BCUT2D eigenvalue weighted by molar-refractivity contribution is 7.91. The van der Waals surface area contributed by atoms with E-state index >= 15 is 0 Å². The molecule has 0 bridgehead atoms. The van der Waals surface area contributed by atoms with Crippen molar-refractivity contribution in [2.45, 2.75) is 0 Å². The van der Waals surface area contributed by atoms with Crippen molar-refractivity contribution in [3.8, 4) is 22.6 Å². The number of aromatic nitrogens is 2. The number of sulfone groups is 1. The van der Waals surface area contributed by atoms with Gasteiger partial charge in [0.1, 0.15) is 5.75 Å². The van der Waals surface area contributed by atoms with Gasteiger partial charge in [0.15, 0.2) is 9.84 Å². The molecule has 2 heterocycles. The monoisotopic (exact) mass is 383 g/mol. The lowest BCUT2D eigenvalue weighted by molar-refractivity contribution is 0.414. The molecule has 0 N–H and O–H groups in total. The molecule has 0 amide bonds. The Bertz CT molecular complexity index is 1010. The third-order valence-corrected chi connectivity index (χ3v) is 6.44. The molecule has 27 heavy (non-hydrogen) atoms. The first-order valence-corrected chi connectivity index (χ1v) is 10.6. The molecular formula is C20H21N3O3S.